The molecule has 0 aromatic carbocycles. The van der Waals surface area contributed by atoms with Crippen LogP contribution >= 0.6 is 11.8 Å². The molecular formula is C20H29F3O2S. The van der Waals surface area contributed by atoms with Crippen LogP contribution in [0.4, 0.5) is 13.2 Å². The van der Waals surface area contributed by atoms with E-state index in [1.165, 1.54) is 0 Å². The third kappa shape index (κ3) is 5.52. The molecule has 0 amide bonds. The van der Waals surface area contributed by atoms with Gasteiger partial charge in [0.15, 0.2) is 6.29 Å². The summed E-state index contributed by atoms with van der Waals surface area (Å²) in [7, 11) is 0. The van der Waals surface area contributed by atoms with Gasteiger partial charge in [0.25, 0.3) is 0 Å². The van der Waals surface area contributed by atoms with E-state index in [1.807, 2.05) is 18.2 Å². The number of ether oxygens (including phenoxy) is 2. The van der Waals surface area contributed by atoms with Crippen molar-refractivity contribution in [2.24, 2.45) is 23.7 Å². The van der Waals surface area contributed by atoms with Gasteiger partial charge in [0.1, 0.15) is 0 Å². The van der Waals surface area contributed by atoms with E-state index in [-0.39, 0.29) is 12.2 Å². The van der Waals surface area contributed by atoms with Crippen LogP contribution in [-0.4, -0.2) is 37.2 Å². The molecule has 1 aliphatic heterocycles. The molecule has 1 heterocycles. The van der Waals surface area contributed by atoms with E-state index >= 15 is 0 Å². The van der Waals surface area contributed by atoms with Gasteiger partial charge in [-0.2, -0.15) is 24.9 Å². The molecule has 4 unspecified atom stereocenters. The van der Waals surface area contributed by atoms with Crippen molar-refractivity contribution in [2.45, 2.75) is 56.2 Å². The molecule has 0 radical (unpaired) electrons. The minimum atomic E-state index is -4.01. The SMILES string of the molecule is CSC1COC(/C=C/C=C/C2CCC3CC(C(F)(F)F)CCC3C2)OC1. The van der Waals surface area contributed by atoms with Crippen LogP contribution in [0.25, 0.3) is 0 Å². The number of alkyl halides is 3. The van der Waals surface area contributed by atoms with Crippen molar-refractivity contribution in [2.75, 3.05) is 19.5 Å². The average Bonchev–Trinajstić information content (AvgIpc) is 2.64. The molecule has 0 N–H and O–H groups in total. The molecule has 0 aromatic heterocycles. The predicted octanol–water partition coefficient (Wildman–Crippen LogP) is 5.60. The van der Waals surface area contributed by atoms with Crippen LogP contribution in [0.1, 0.15) is 38.5 Å². The van der Waals surface area contributed by atoms with Crippen LogP contribution in [0.5, 0.6) is 0 Å². The average molecular weight is 391 g/mol. The Labute approximate surface area is 158 Å². The normalized spacial score (nSPS) is 39.4. The van der Waals surface area contributed by atoms with E-state index in [4.69, 9.17) is 9.47 Å². The van der Waals surface area contributed by atoms with Crippen molar-refractivity contribution in [3.05, 3.63) is 24.3 Å². The fourth-order valence-corrected chi connectivity index (χ4v) is 4.95. The van der Waals surface area contributed by atoms with Gasteiger partial charge >= 0.3 is 6.18 Å². The highest BCUT2D eigenvalue weighted by Crippen LogP contribution is 2.48. The molecule has 2 saturated carbocycles. The largest absolute Gasteiger partial charge is 0.391 e. The second-order valence-electron chi connectivity index (χ2n) is 7.81. The number of fused-ring (bicyclic) bond motifs is 1. The molecule has 0 bridgehead atoms. The van der Waals surface area contributed by atoms with Gasteiger partial charge in [-0.15, -0.1) is 0 Å². The van der Waals surface area contributed by atoms with Gasteiger partial charge in [0, 0.05) is 0 Å². The molecule has 4 atom stereocenters. The highest BCUT2D eigenvalue weighted by Gasteiger charge is 2.45. The van der Waals surface area contributed by atoms with E-state index < -0.39 is 12.1 Å². The Morgan fingerprint density at radius 2 is 1.54 bits per heavy atom. The monoisotopic (exact) mass is 390 g/mol. The van der Waals surface area contributed by atoms with Crippen LogP contribution in [-0.2, 0) is 9.47 Å². The van der Waals surface area contributed by atoms with Crippen molar-refractivity contribution >= 4 is 11.8 Å². The van der Waals surface area contributed by atoms with Gasteiger partial charge in [-0.25, -0.2) is 0 Å². The summed E-state index contributed by atoms with van der Waals surface area (Å²) in [4.78, 5) is 0. The maximum atomic E-state index is 12.9. The van der Waals surface area contributed by atoms with Crippen molar-refractivity contribution in [3.63, 3.8) is 0 Å². The molecule has 2 aliphatic carbocycles. The Bertz CT molecular complexity index is 498. The maximum Gasteiger partial charge on any atom is 0.391 e. The fraction of sp³-hybridized carbons (Fsp3) is 0.800. The Morgan fingerprint density at radius 1 is 0.885 bits per heavy atom. The Kier molecular flexibility index (Phi) is 7.14. The third-order valence-electron chi connectivity index (χ3n) is 6.11. The summed E-state index contributed by atoms with van der Waals surface area (Å²) < 4.78 is 50.1. The zero-order valence-corrected chi connectivity index (χ0v) is 16.1. The number of thioether (sulfide) groups is 1. The first-order valence-corrected chi connectivity index (χ1v) is 10.9. The predicted molar refractivity (Wildman–Crippen MR) is 99.0 cm³/mol. The second-order valence-corrected chi connectivity index (χ2v) is 8.95. The number of hydrogen-bond donors (Lipinski definition) is 0. The quantitative estimate of drug-likeness (QED) is 0.582. The van der Waals surface area contributed by atoms with E-state index in [2.05, 4.69) is 12.3 Å². The van der Waals surface area contributed by atoms with Crippen molar-refractivity contribution < 1.29 is 22.6 Å². The van der Waals surface area contributed by atoms with E-state index in [1.54, 1.807) is 11.8 Å². The number of hydrogen-bond acceptors (Lipinski definition) is 3. The lowest BCUT2D eigenvalue weighted by atomic mass is 9.64. The molecule has 3 fully saturated rings. The fourth-order valence-electron chi connectivity index (χ4n) is 4.52. The lowest BCUT2D eigenvalue weighted by Gasteiger charge is -2.42. The minimum absolute atomic E-state index is 0.267. The highest BCUT2D eigenvalue weighted by atomic mass is 32.2. The summed E-state index contributed by atoms with van der Waals surface area (Å²) in [5, 5.41) is 0.415. The zero-order valence-electron chi connectivity index (χ0n) is 15.3. The van der Waals surface area contributed by atoms with Crippen LogP contribution in [0.3, 0.4) is 0 Å². The summed E-state index contributed by atoms with van der Waals surface area (Å²) in [6.07, 6.45) is 10.3. The summed E-state index contributed by atoms with van der Waals surface area (Å²) >= 11 is 1.75. The van der Waals surface area contributed by atoms with Crippen molar-refractivity contribution in [1.82, 2.24) is 0 Å². The lowest BCUT2D eigenvalue weighted by molar-refractivity contribution is -0.190. The molecule has 2 nitrogen and oxygen atoms in total. The van der Waals surface area contributed by atoms with E-state index in [0.717, 1.165) is 25.7 Å². The topological polar surface area (TPSA) is 18.5 Å². The lowest BCUT2D eigenvalue weighted by Crippen LogP contribution is -2.36. The molecule has 1 saturated heterocycles. The van der Waals surface area contributed by atoms with Gasteiger partial charge in [-0.1, -0.05) is 18.2 Å². The van der Waals surface area contributed by atoms with Crippen molar-refractivity contribution in [3.8, 4) is 0 Å². The molecule has 26 heavy (non-hydrogen) atoms. The first kappa shape index (κ1) is 20.3. The van der Waals surface area contributed by atoms with Crippen LogP contribution in [0.15, 0.2) is 24.3 Å². The Morgan fingerprint density at radius 3 is 2.23 bits per heavy atom. The smallest absolute Gasteiger partial charge is 0.348 e. The number of halogens is 3. The van der Waals surface area contributed by atoms with Gasteiger partial charge in [0.05, 0.1) is 24.4 Å². The summed E-state index contributed by atoms with van der Waals surface area (Å²) in [5.74, 6) is 0.149. The summed E-state index contributed by atoms with van der Waals surface area (Å²) in [6.45, 7) is 1.43. The summed E-state index contributed by atoms with van der Waals surface area (Å²) in [5.41, 5.74) is 0. The first-order valence-electron chi connectivity index (χ1n) is 9.63. The van der Waals surface area contributed by atoms with Crippen LogP contribution in [0, 0.1) is 23.7 Å². The van der Waals surface area contributed by atoms with Crippen LogP contribution in [0.2, 0.25) is 0 Å². The van der Waals surface area contributed by atoms with Gasteiger partial charge in [-0.3, -0.25) is 0 Å². The standard InChI is InChI=1S/C20H29F3O2S/c1-26-18-12-24-19(25-13-18)5-3-2-4-14-6-7-16-11-17(20(21,22)23)9-8-15(16)10-14/h2-5,14-19H,6-13H2,1H3/b4-2+,5-3+. The maximum absolute atomic E-state index is 12.9. The third-order valence-corrected chi connectivity index (χ3v) is 7.04. The van der Waals surface area contributed by atoms with Crippen LogP contribution < -0.4 is 0 Å². The van der Waals surface area contributed by atoms with E-state index in [9.17, 15) is 13.2 Å². The molecule has 0 aromatic rings. The molecular weight excluding hydrogens is 361 g/mol. The highest BCUT2D eigenvalue weighted by molar-refractivity contribution is 7.99. The molecule has 3 aliphatic rings. The number of allylic oxidation sites excluding steroid dienone is 3. The summed E-state index contributed by atoms with van der Waals surface area (Å²) in [6, 6.07) is 0. The Balaban J connectivity index is 1.41. The molecule has 148 valence electrons. The van der Waals surface area contributed by atoms with E-state index in [0.29, 0.717) is 43.1 Å². The second kappa shape index (κ2) is 9.16. The van der Waals surface area contributed by atoms with Gasteiger partial charge in [0.2, 0.25) is 0 Å². The van der Waals surface area contributed by atoms with Gasteiger partial charge in [-0.05, 0) is 68.6 Å². The Hall–Kier alpha value is -0.460. The molecule has 3 rings (SSSR count). The molecule has 6 heteroatoms. The van der Waals surface area contributed by atoms with Crippen molar-refractivity contribution in [1.29, 1.82) is 0 Å². The number of rotatable bonds is 4. The molecule has 0 spiro atoms. The minimum Gasteiger partial charge on any atom is -0.348 e. The van der Waals surface area contributed by atoms with Gasteiger partial charge < -0.3 is 9.47 Å². The zero-order chi connectivity index (χ0) is 18.6. The first-order chi connectivity index (χ1) is 12.5.